The monoisotopic (exact) mass is 308 g/mol. The van der Waals surface area contributed by atoms with Crippen molar-refractivity contribution in [2.45, 2.75) is 75.7 Å². The lowest BCUT2D eigenvalue weighted by Crippen LogP contribution is -2.15. The third-order valence-corrected chi connectivity index (χ3v) is 2.26. The van der Waals surface area contributed by atoms with Gasteiger partial charge in [-0.1, -0.05) is 64.8 Å². The summed E-state index contributed by atoms with van der Waals surface area (Å²) in [6, 6.07) is 0. The molecule has 0 fully saturated rings. The Kier molecular flexibility index (Phi) is 15.4. The molecule has 0 amide bonds. The predicted molar refractivity (Wildman–Crippen MR) is 99.1 cm³/mol. The van der Waals surface area contributed by atoms with E-state index in [4.69, 9.17) is 4.79 Å². The van der Waals surface area contributed by atoms with Crippen molar-refractivity contribution in [3.05, 3.63) is 34.9 Å². The molecule has 0 saturated carbocycles. The van der Waals surface area contributed by atoms with Gasteiger partial charge in [-0.3, -0.25) is 4.79 Å². The Bertz CT molecular complexity index is 411. The van der Waals surface area contributed by atoms with Gasteiger partial charge in [0.2, 0.25) is 0 Å². The van der Waals surface area contributed by atoms with Crippen LogP contribution in [0, 0.1) is 5.41 Å². The summed E-state index contributed by atoms with van der Waals surface area (Å²) in [4.78, 5) is 20.5. The second-order valence-electron chi connectivity index (χ2n) is 6.54. The Balaban J connectivity index is -0.000000515. The van der Waals surface area contributed by atoms with Crippen LogP contribution in [0.15, 0.2) is 34.9 Å². The van der Waals surface area contributed by atoms with Gasteiger partial charge in [0, 0.05) is 5.57 Å². The number of ketones is 1. The number of hydrogen-bond acceptors (Lipinski definition) is 2. The number of allylic oxidation sites excluding steroid dienone is 5. The Labute approximate surface area is 138 Å². The summed E-state index contributed by atoms with van der Waals surface area (Å²) in [5, 5.41) is 0. The molecule has 0 heterocycles. The van der Waals surface area contributed by atoms with E-state index >= 15 is 0 Å². The first-order valence-electron chi connectivity index (χ1n) is 7.86. The van der Waals surface area contributed by atoms with Gasteiger partial charge in [0.05, 0.1) is 0 Å². The molecule has 0 atom stereocenters. The summed E-state index contributed by atoms with van der Waals surface area (Å²) in [7, 11) is 0. The van der Waals surface area contributed by atoms with Crippen LogP contribution in [-0.2, 0) is 9.59 Å². The average molecular weight is 309 g/mol. The standard InChI is InChI=1S/C15H24O.C3H8.C2H4O/c1-10(2)9-13(12(5)16)14(11(3)4)15(6,7)8;1-3-2;1-2-3/h9H,3H2,1-2,4-8H3;3H2,1-2H3;2H,1H3/b14-13-;;. The maximum atomic E-state index is 11.7. The topological polar surface area (TPSA) is 34.1 Å². The third kappa shape index (κ3) is 13.5. The second-order valence-corrected chi connectivity index (χ2v) is 6.54. The Hall–Kier alpha value is -1.44. The molecule has 0 N–H and O–H groups in total. The van der Waals surface area contributed by atoms with Crippen molar-refractivity contribution in [2.24, 2.45) is 5.41 Å². The smallest absolute Gasteiger partial charge is 0.160 e. The van der Waals surface area contributed by atoms with Crippen molar-refractivity contribution in [2.75, 3.05) is 0 Å². The molecule has 0 aromatic rings. The molecule has 0 aromatic heterocycles. The summed E-state index contributed by atoms with van der Waals surface area (Å²) in [5.41, 5.74) is 3.89. The summed E-state index contributed by atoms with van der Waals surface area (Å²) in [6.07, 6.45) is 3.96. The van der Waals surface area contributed by atoms with E-state index in [1.165, 1.54) is 13.3 Å². The van der Waals surface area contributed by atoms with Gasteiger partial charge in [0.1, 0.15) is 6.29 Å². The highest BCUT2D eigenvalue weighted by Gasteiger charge is 2.22. The molecule has 0 spiro atoms. The van der Waals surface area contributed by atoms with Gasteiger partial charge in [-0.2, -0.15) is 0 Å². The Morgan fingerprint density at radius 1 is 1.05 bits per heavy atom. The second kappa shape index (κ2) is 13.2. The minimum atomic E-state index is -0.0568. The van der Waals surface area contributed by atoms with E-state index in [9.17, 15) is 4.79 Å². The zero-order chi connectivity index (χ0) is 18.5. The molecular formula is C20H36O2. The van der Waals surface area contributed by atoms with E-state index in [-0.39, 0.29) is 11.2 Å². The minimum Gasteiger partial charge on any atom is -0.304 e. The molecule has 0 aliphatic rings. The molecule has 0 aliphatic carbocycles. The van der Waals surface area contributed by atoms with Crippen LogP contribution in [0.5, 0.6) is 0 Å². The first kappa shape index (κ1) is 25.5. The normalized spacial score (nSPS) is 10.8. The van der Waals surface area contributed by atoms with Crippen LogP contribution in [-0.4, -0.2) is 12.1 Å². The quantitative estimate of drug-likeness (QED) is 0.359. The van der Waals surface area contributed by atoms with E-state index in [0.29, 0.717) is 0 Å². The zero-order valence-electron chi connectivity index (χ0n) is 16.4. The molecule has 22 heavy (non-hydrogen) atoms. The predicted octanol–water partition coefficient (Wildman–Crippen LogP) is 6.08. The average Bonchev–Trinajstić information content (AvgIpc) is 2.26. The number of aldehydes is 1. The highest BCUT2D eigenvalue weighted by Crippen LogP contribution is 2.34. The van der Waals surface area contributed by atoms with Crippen LogP contribution in [0.4, 0.5) is 0 Å². The van der Waals surface area contributed by atoms with E-state index in [1.54, 1.807) is 6.92 Å². The van der Waals surface area contributed by atoms with Crippen LogP contribution in [0.2, 0.25) is 0 Å². The van der Waals surface area contributed by atoms with Gasteiger partial charge in [-0.15, -0.1) is 0 Å². The van der Waals surface area contributed by atoms with Crippen LogP contribution >= 0.6 is 0 Å². The summed E-state index contributed by atoms with van der Waals surface area (Å²) < 4.78 is 0. The van der Waals surface area contributed by atoms with Crippen LogP contribution < -0.4 is 0 Å². The molecule has 2 nitrogen and oxygen atoms in total. The van der Waals surface area contributed by atoms with Crippen molar-refractivity contribution in [1.82, 2.24) is 0 Å². The van der Waals surface area contributed by atoms with Crippen molar-refractivity contribution in [3.8, 4) is 0 Å². The highest BCUT2D eigenvalue weighted by molar-refractivity contribution is 5.98. The lowest BCUT2D eigenvalue weighted by molar-refractivity contribution is -0.113. The van der Waals surface area contributed by atoms with E-state index in [1.807, 2.05) is 26.8 Å². The SMILES string of the molecule is C=C(C)/C(=C(\C=C(C)C)C(C)=O)C(C)(C)C.CC=O.CCC. The van der Waals surface area contributed by atoms with Crippen molar-refractivity contribution < 1.29 is 9.59 Å². The minimum absolute atomic E-state index is 0.0568. The van der Waals surface area contributed by atoms with Crippen LogP contribution in [0.25, 0.3) is 0 Å². The molecular weight excluding hydrogens is 272 g/mol. The molecule has 0 bridgehead atoms. The van der Waals surface area contributed by atoms with Crippen LogP contribution in [0.1, 0.15) is 75.7 Å². The number of rotatable bonds is 3. The molecule has 0 radical (unpaired) electrons. The third-order valence-electron chi connectivity index (χ3n) is 2.26. The summed E-state index contributed by atoms with van der Waals surface area (Å²) >= 11 is 0. The van der Waals surface area contributed by atoms with Crippen molar-refractivity contribution in [3.63, 3.8) is 0 Å². The molecule has 128 valence electrons. The molecule has 0 aromatic carbocycles. The maximum Gasteiger partial charge on any atom is 0.160 e. The van der Waals surface area contributed by atoms with Crippen LogP contribution in [0.3, 0.4) is 0 Å². The van der Waals surface area contributed by atoms with Gasteiger partial charge in [-0.05, 0) is 45.6 Å². The van der Waals surface area contributed by atoms with E-state index in [2.05, 4.69) is 41.2 Å². The largest absolute Gasteiger partial charge is 0.304 e. The zero-order valence-corrected chi connectivity index (χ0v) is 16.4. The summed E-state index contributed by atoms with van der Waals surface area (Å²) in [5.74, 6) is 0.106. The maximum absolute atomic E-state index is 11.7. The summed E-state index contributed by atoms with van der Waals surface area (Å²) in [6.45, 7) is 23.6. The number of carbonyl (C=O) groups is 2. The fourth-order valence-electron chi connectivity index (χ4n) is 1.91. The van der Waals surface area contributed by atoms with Gasteiger partial charge >= 0.3 is 0 Å². The number of Topliss-reactive ketones (excluding diaryl/α,β-unsaturated/α-hetero) is 1. The lowest BCUT2D eigenvalue weighted by atomic mass is 9.78. The van der Waals surface area contributed by atoms with Gasteiger partial charge < -0.3 is 4.79 Å². The molecule has 0 aliphatic heterocycles. The van der Waals surface area contributed by atoms with Crippen molar-refractivity contribution in [1.29, 1.82) is 0 Å². The van der Waals surface area contributed by atoms with E-state index < -0.39 is 0 Å². The van der Waals surface area contributed by atoms with E-state index in [0.717, 1.165) is 28.6 Å². The number of hydrogen-bond donors (Lipinski definition) is 0. The van der Waals surface area contributed by atoms with Gasteiger partial charge in [0.15, 0.2) is 5.78 Å². The number of carbonyl (C=O) groups excluding carboxylic acids is 2. The molecule has 0 rings (SSSR count). The molecule has 0 saturated heterocycles. The van der Waals surface area contributed by atoms with Crippen molar-refractivity contribution >= 4 is 12.1 Å². The fraction of sp³-hybridized carbons (Fsp3) is 0.600. The Morgan fingerprint density at radius 2 is 1.36 bits per heavy atom. The first-order chi connectivity index (χ1) is 9.90. The first-order valence-corrected chi connectivity index (χ1v) is 7.86. The Morgan fingerprint density at radius 3 is 1.50 bits per heavy atom. The lowest BCUT2D eigenvalue weighted by Gasteiger charge is -2.26. The van der Waals surface area contributed by atoms with Gasteiger partial charge in [-0.25, -0.2) is 0 Å². The fourth-order valence-corrected chi connectivity index (χ4v) is 1.91. The van der Waals surface area contributed by atoms with Gasteiger partial charge in [0.25, 0.3) is 0 Å². The highest BCUT2D eigenvalue weighted by atomic mass is 16.1. The molecule has 2 heteroatoms. The molecule has 0 unspecified atom stereocenters.